The Bertz CT molecular complexity index is 271. The van der Waals surface area contributed by atoms with Gasteiger partial charge in [0, 0.05) is 13.2 Å². The van der Waals surface area contributed by atoms with Crippen molar-refractivity contribution in [1.82, 2.24) is 5.32 Å². The normalized spacial score (nSPS) is 31.1. The van der Waals surface area contributed by atoms with Gasteiger partial charge >= 0.3 is 0 Å². The molecule has 0 aromatic rings. The van der Waals surface area contributed by atoms with Gasteiger partial charge in [0.2, 0.25) is 0 Å². The zero-order valence-corrected chi connectivity index (χ0v) is 14.8. The van der Waals surface area contributed by atoms with E-state index in [0.29, 0.717) is 12.1 Å². The maximum Gasteiger partial charge on any atom is 0.0775 e. The van der Waals surface area contributed by atoms with E-state index in [9.17, 15) is 0 Å². The standard InChI is InChI=1S/C18H37NO/c1-8-11-19-16(17(20-7)18(4,5)6)15-10-9-13(2)14(3)12-15/h13-17,19H,8-12H2,1-7H3. The van der Waals surface area contributed by atoms with Gasteiger partial charge in [-0.1, -0.05) is 48.0 Å². The quantitative estimate of drug-likeness (QED) is 0.775. The molecule has 20 heavy (non-hydrogen) atoms. The Morgan fingerprint density at radius 1 is 1.15 bits per heavy atom. The molecule has 1 N–H and O–H groups in total. The van der Waals surface area contributed by atoms with Crippen LogP contribution < -0.4 is 5.32 Å². The molecule has 1 fully saturated rings. The fraction of sp³-hybridized carbons (Fsp3) is 1.00. The van der Waals surface area contributed by atoms with Crippen molar-refractivity contribution in [3.05, 3.63) is 0 Å². The van der Waals surface area contributed by atoms with Gasteiger partial charge in [0.05, 0.1) is 6.10 Å². The number of hydrogen-bond donors (Lipinski definition) is 1. The summed E-state index contributed by atoms with van der Waals surface area (Å²) in [6.07, 6.45) is 5.55. The first-order valence-corrected chi connectivity index (χ1v) is 8.57. The van der Waals surface area contributed by atoms with Crippen molar-refractivity contribution in [2.45, 2.75) is 79.4 Å². The molecule has 1 aliphatic rings. The van der Waals surface area contributed by atoms with Gasteiger partial charge in [-0.3, -0.25) is 0 Å². The second-order valence-corrected chi connectivity index (χ2v) is 8.03. The summed E-state index contributed by atoms with van der Waals surface area (Å²) in [5.41, 5.74) is 0.187. The molecule has 2 heteroatoms. The minimum Gasteiger partial charge on any atom is -0.379 e. The van der Waals surface area contributed by atoms with Crippen LogP contribution >= 0.6 is 0 Å². The van der Waals surface area contributed by atoms with Gasteiger partial charge in [-0.05, 0) is 49.0 Å². The molecule has 1 saturated carbocycles. The van der Waals surface area contributed by atoms with Gasteiger partial charge in [-0.25, -0.2) is 0 Å². The summed E-state index contributed by atoms with van der Waals surface area (Å²) in [6.45, 7) is 15.1. The minimum absolute atomic E-state index is 0.187. The fourth-order valence-corrected chi connectivity index (χ4v) is 3.79. The summed E-state index contributed by atoms with van der Waals surface area (Å²) < 4.78 is 5.93. The van der Waals surface area contributed by atoms with Gasteiger partial charge < -0.3 is 10.1 Å². The number of rotatable bonds is 6. The molecule has 0 spiro atoms. The summed E-state index contributed by atoms with van der Waals surface area (Å²) in [7, 11) is 1.88. The van der Waals surface area contributed by atoms with E-state index in [4.69, 9.17) is 4.74 Å². The van der Waals surface area contributed by atoms with Crippen LogP contribution in [-0.2, 0) is 4.74 Å². The Hall–Kier alpha value is -0.0800. The molecule has 0 saturated heterocycles. The number of ether oxygens (including phenoxy) is 1. The summed E-state index contributed by atoms with van der Waals surface area (Å²) >= 11 is 0. The first kappa shape index (κ1) is 18.0. The number of hydrogen-bond acceptors (Lipinski definition) is 2. The third-order valence-corrected chi connectivity index (χ3v) is 5.21. The summed E-state index contributed by atoms with van der Waals surface area (Å²) in [5, 5.41) is 3.81. The molecule has 120 valence electrons. The summed E-state index contributed by atoms with van der Waals surface area (Å²) in [5.74, 6) is 2.49. The van der Waals surface area contributed by atoms with Gasteiger partial charge in [-0.15, -0.1) is 0 Å². The van der Waals surface area contributed by atoms with E-state index < -0.39 is 0 Å². The SMILES string of the molecule is CCCNC(C1CCC(C)C(C)C1)C(OC)C(C)(C)C. The molecule has 0 heterocycles. The van der Waals surface area contributed by atoms with E-state index >= 15 is 0 Å². The molecule has 0 aromatic carbocycles. The molecule has 1 rings (SSSR count). The number of methoxy groups -OCH3 is 1. The molecule has 0 bridgehead atoms. The molecule has 5 unspecified atom stereocenters. The Morgan fingerprint density at radius 3 is 2.25 bits per heavy atom. The maximum atomic E-state index is 5.93. The van der Waals surface area contributed by atoms with Crippen LogP contribution in [0.4, 0.5) is 0 Å². The lowest BCUT2D eigenvalue weighted by Crippen LogP contribution is -2.53. The minimum atomic E-state index is 0.187. The Kier molecular flexibility index (Phi) is 7.00. The topological polar surface area (TPSA) is 21.3 Å². The lowest BCUT2D eigenvalue weighted by atomic mass is 9.69. The monoisotopic (exact) mass is 283 g/mol. The third-order valence-electron chi connectivity index (χ3n) is 5.21. The van der Waals surface area contributed by atoms with E-state index in [1.54, 1.807) is 0 Å². The highest BCUT2D eigenvalue weighted by molar-refractivity contribution is 4.93. The van der Waals surface area contributed by atoms with E-state index in [-0.39, 0.29) is 5.41 Å². The molecule has 1 aliphatic carbocycles. The lowest BCUT2D eigenvalue weighted by Gasteiger charge is -2.44. The number of nitrogens with one attached hydrogen (secondary N) is 1. The Morgan fingerprint density at radius 2 is 1.80 bits per heavy atom. The summed E-state index contributed by atoms with van der Waals surface area (Å²) in [4.78, 5) is 0. The van der Waals surface area contributed by atoms with E-state index in [0.717, 1.165) is 24.3 Å². The third kappa shape index (κ3) is 4.73. The first-order valence-electron chi connectivity index (χ1n) is 8.57. The van der Waals surface area contributed by atoms with Crippen molar-refractivity contribution >= 4 is 0 Å². The van der Waals surface area contributed by atoms with Gasteiger partial charge in [-0.2, -0.15) is 0 Å². The molecule has 0 radical (unpaired) electrons. The van der Waals surface area contributed by atoms with Crippen LogP contribution in [0.25, 0.3) is 0 Å². The largest absolute Gasteiger partial charge is 0.379 e. The van der Waals surface area contributed by atoms with Crippen LogP contribution in [0.5, 0.6) is 0 Å². The lowest BCUT2D eigenvalue weighted by molar-refractivity contribution is -0.0360. The van der Waals surface area contributed by atoms with Crippen LogP contribution in [-0.4, -0.2) is 25.8 Å². The van der Waals surface area contributed by atoms with Crippen LogP contribution in [0.3, 0.4) is 0 Å². The first-order chi connectivity index (χ1) is 9.31. The highest BCUT2D eigenvalue weighted by Gasteiger charge is 2.39. The maximum absolute atomic E-state index is 5.93. The highest BCUT2D eigenvalue weighted by Crippen LogP contribution is 2.38. The molecule has 5 atom stereocenters. The average Bonchev–Trinajstić information content (AvgIpc) is 2.36. The molecular formula is C18H37NO. The predicted octanol–water partition coefficient (Wildman–Crippen LogP) is 4.49. The van der Waals surface area contributed by atoms with Crippen molar-refractivity contribution in [2.24, 2.45) is 23.2 Å². The Labute approximate surface area is 127 Å². The van der Waals surface area contributed by atoms with Crippen LogP contribution in [0, 0.1) is 23.2 Å². The molecule has 2 nitrogen and oxygen atoms in total. The zero-order chi connectivity index (χ0) is 15.3. The van der Waals surface area contributed by atoms with Crippen molar-refractivity contribution in [3.8, 4) is 0 Å². The van der Waals surface area contributed by atoms with Gasteiger partial charge in [0.15, 0.2) is 0 Å². The van der Waals surface area contributed by atoms with Gasteiger partial charge in [0.1, 0.15) is 0 Å². The van der Waals surface area contributed by atoms with Crippen molar-refractivity contribution in [3.63, 3.8) is 0 Å². The van der Waals surface area contributed by atoms with Crippen LogP contribution in [0.15, 0.2) is 0 Å². The predicted molar refractivity (Wildman–Crippen MR) is 88.0 cm³/mol. The van der Waals surface area contributed by atoms with Crippen molar-refractivity contribution in [1.29, 1.82) is 0 Å². The highest BCUT2D eigenvalue weighted by atomic mass is 16.5. The molecule has 0 aromatic heterocycles. The van der Waals surface area contributed by atoms with E-state index in [1.165, 1.54) is 25.7 Å². The van der Waals surface area contributed by atoms with E-state index in [2.05, 4.69) is 46.9 Å². The molecular weight excluding hydrogens is 246 g/mol. The Balaban J connectivity index is 2.82. The molecule has 0 amide bonds. The molecule has 0 aliphatic heterocycles. The van der Waals surface area contributed by atoms with Crippen molar-refractivity contribution < 1.29 is 4.74 Å². The second kappa shape index (κ2) is 7.79. The average molecular weight is 284 g/mol. The second-order valence-electron chi connectivity index (χ2n) is 8.03. The van der Waals surface area contributed by atoms with Crippen LogP contribution in [0.1, 0.15) is 67.2 Å². The van der Waals surface area contributed by atoms with E-state index in [1.807, 2.05) is 7.11 Å². The zero-order valence-electron chi connectivity index (χ0n) is 14.8. The van der Waals surface area contributed by atoms with Crippen LogP contribution in [0.2, 0.25) is 0 Å². The fourth-order valence-electron chi connectivity index (χ4n) is 3.79. The smallest absolute Gasteiger partial charge is 0.0775 e. The van der Waals surface area contributed by atoms with Crippen molar-refractivity contribution in [2.75, 3.05) is 13.7 Å². The van der Waals surface area contributed by atoms with Gasteiger partial charge in [0.25, 0.3) is 0 Å². The summed E-state index contributed by atoms with van der Waals surface area (Å²) in [6, 6.07) is 0.495.